The lowest BCUT2D eigenvalue weighted by atomic mass is 10.0. The highest BCUT2D eigenvalue weighted by Crippen LogP contribution is 2.31. The first kappa shape index (κ1) is 23.1. The van der Waals surface area contributed by atoms with Gasteiger partial charge in [0.25, 0.3) is 5.56 Å². The highest BCUT2D eigenvalue weighted by atomic mass is 16.5. The van der Waals surface area contributed by atoms with Gasteiger partial charge in [-0.25, -0.2) is 0 Å². The van der Waals surface area contributed by atoms with Gasteiger partial charge >= 0.3 is 0 Å². The lowest BCUT2D eigenvalue weighted by molar-refractivity contribution is 0.210. The molecule has 0 saturated carbocycles. The van der Waals surface area contributed by atoms with E-state index in [1.165, 1.54) is 54.6 Å². The standard InChI is InChI=1S/C30H34N4O2/c1-31-28-12-15-33(18-17-32-13-5-6-14-32)21-27(28)26-10-9-24(19-29(26)31)34-16-11-25(20-30(34)35)36-22-23-7-3-2-4-8-23/h2-4,7-11,16,19-20H,5-6,12-15,17-18,21-22H2,1H3. The molecule has 6 nitrogen and oxygen atoms in total. The van der Waals surface area contributed by atoms with Crippen LogP contribution in [0.4, 0.5) is 0 Å². The van der Waals surface area contributed by atoms with Crippen molar-refractivity contribution >= 4 is 10.9 Å². The molecule has 0 radical (unpaired) electrons. The molecule has 2 aromatic carbocycles. The van der Waals surface area contributed by atoms with E-state index in [0.717, 1.165) is 37.3 Å². The maximum atomic E-state index is 13.0. The van der Waals surface area contributed by atoms with E-state index in [2.05, 4.69) is 39.6 Å². The molecule has 6 rings (SSSR count). The number of ether oxygens (including phenoxy) is 1. The Kier molecular flexibility index (Phi) is 6.38. The summed E-state index contributed by atoms with van der Waals surface area (Å²) in [5, 5.41) is 1.30. The summed E-state index contributed by atoms with van der Waals surface area (Å²) in [5.74, 6) is 0.588. The molecule has 2 aliphatic rings. The third-order valence-electron chi connectivity index (χ3n) is 7.82. The fraction of sp³-hybridized carbons (Fsp3) is 0.367. The second-order valence-corrected chi connectivity index (χ2v) is 10.1. The van der Waals surface area contributed by atoms with Gasteiger partial charge in [0.2, 0.25) is 0 Å². The summed E-state index contributed by atoms with van der Waals surface area (Å²) >= 11 is 0. The van der Waals surface area contributed by atoms with Crippen molar-refractivity contribution in [2.24, 2.45) is 7.05 Å². The van der Waals surface area contributed by atoms with Crippen molar-refractivity contribution in [1.82, 2.24) is 18.9 Å². The van der Waals surface area contributed by atoms with Crippen LogP contribution in [0.2, 0.25) is 0 Å². The first-order valence-electron chi connectivity index (χ1n) is 13.1. The van der Waals surface area contributed by atoms with Crippen molar-refractivity contribution in [3.05, 3.63) is 94.0 Å². The number of hydrogen-bond donors (Lipinski definition) is 0. The van der Waals surface area contributed by atoms with Crippen LogP contribution in [-0.4, -0.2) is 51.7 Å². The molecule has 36 heavy (non-hydrogen) atoms. The van der Waals surface area contributed by atoms with Crippen LogP contribution in [0.3, 0.4) is 0 Å². The second-order valence-electron chi connectivity index (χ2n) is 10.1. The molecule has 0 aliphatic carbocycles. The minimum absolute atomic E-state index is 0.0908. The molecule has 2 aliphatic heterocycles. The maximum absolute atomic E-state index is 13.0. The van der Waals surface area contributed by atoms with Crippen molar-refractivity contribution in [2.45, 2.75) is 32.4 Å². The zero-order chi connectivity index (χ0) is 24.5. The Balaban J connectivity index is 1.20. The number of nitrogens with zero attached hydrogens (tertiary/aromatic N) is 4. The van der Waals surface area contributed by atoms with Gasteiger partial charge in [-0.05, 0) is 55.3 Å². The lowest BCUT2D eigenvalue weighted by Crippen LogP contribution is -2.37. The Morgan fingerprint density at radius 3 is 2.50 bits per heavy atom. The second kappa shape index (κ2) is 9.96. The molecule has 0 amide bonds. The third kappa shape index (κ3) is 4.59. The summed E-state index contributed by atoms with van der Waals surface area (Å²) in [7, 11) is 2.16. The van der Waals surface area contributed by atoms with Crippen molar-refractivity contribution in [3.8, 4) is 11.4 Å². The van der Waals surface area contributed by atoms with Crippen LogP contribution < -0.4 is 10.3 Å². The predicted molar refractivity (Wildman–Crippen MR) is 144 cm³/mol. The van der Waals surface area contributed by atoms with Crippen LogP contribution in [0.5, 0.6) is 5.75 Å². The summed E-state index contributed by atoms with van der Waals surface area (Å²) < 4.78 is 9.87. The normalized spacial score (nSPS) is 16.5. The molecule has 0 atom stereocenters. The van der Waals surface area contributed by atoms with Crippen molar-refractivity contribution in [1.29, 1.82) is 0 Å². The topological polar surface area (TPSA) is 42.6 Å². The summed E-state index contributed by atoms with van der Waals surface area (Å²) in [6, 6.07) is 19.8. The zero-order valence-electron chi connectivity index (χ0n) is 21.0. The minimum atomic E-state index is -0.0908. The molecular weight excluding hydrogens is 448 g/mol. The predicted octanol–water partition coefficient (Wildman–Crippen LogP) is 4.36. The van der Waals surface area contributed by atoms with Crippen LogP contribution >= 0.6 is 0 Å². The molecule has 0 bridgehead atoms. The SMILES string of the molecule is Cn1c2c(c3ccc(-n4ccc(OCc5ccccc5)cc4=O)cc31)CN(CCN1CCCC1)CC2. The smallest absolute Gasteiger partial charge is 0.258 e. The number of likely N-dealkylation sites (tertiary alicyclic amines) is 1. The van der Waals surface area contributed by atoms with E-state index in [-0.39, 0.29) is 5.56 Å². The Morgan fingerprint density at radius 2 is 1.69 bits per heavy atom. The number of aryl methyl sites for hydroxylation is 1. The molecule has 0 N–H and O–H groups in total. The van der Waals surface area contributed by atoms with Crippen molar-refractivity contribution in [2.75, 3.05) is 32.7 Å². The van der Waals surface area contributed by atoms with Crippen LogP contribution in [0.25, 0.3) is 16.6 Å². The van der Waals surface area contributed by atoms with E-state index < -0.39 is 0 Å². The Labute approximate surface area is 212 Å². The van der Waals surface area contributed by atoms with Crippen LogP contribution in [0, 0.1) is 0 Å². The third-order valence-corrected chi connectivity index (χ3v) is 7.82. The molecule has 1 saturated heterocycles. The molecule has 0 unspecified atom stereocenters. The van der Waals surface area contributed by atoms with E-state index in [9.17, 15) is 4.79 Å². The molecule has 6 heteroatoms. The van der Waals surface area contributed by atoms with Gasteiger partial charge in [-0.1, -0.05) is 36.4 Å². The molecule has 0 spiro atoms. The number of hydrogen-bond acceptors (Lipinski definition) is 4. The van der Waals surface area contributed by atoms with Gasteiger partial charge in [-0.2, -0.15) is 0 Å². The first-order chi connectivity index (χ1) is 17.7. The summed E-state index contributed by atoms with van der Waals surface area (Å²) in [4.78, 5) is 18.2. The molecule has 4 aromatic rings. The Hall–Kier alpha value is -3.35. The first-order valence-corrected chi connectivity index (χ1v) is 13.1. The summed E-state index contributed by atoms with van der Waals surface area (Å²) in [6.07, 6.45) is 5.58. The van der Waals surface area contributed by atoms with Crippen LogP contribution in [-0.2, 0) is 26.6 Å². The molecule has 2 aromatic heterocycles. The number of benzene rings is 2. The largest absolute Gasteiger partial charge is 0.489 e. The number of pyridine rings is 1. The van der Waals surface area contributed by atoms with Gasteiger partial charge in [0.05, 0.1) is 11.2 Å². The molecule has 1 fully saturated rings. The fourth-order valence-corrected chi connectivity index (χ4v) is 5.75. The van der Waals surface area contributed by atoms with E-state index in [1.807, 2.05) is 42.6 Å². The number of rotatable bonds is 7. The Bertz CT molecular complexity index is 1420. The Morgan fingerprint density at radius 1 is 0.889 bits per heavy atom. The fourth-order valence-electron chi connectivity index (χ4n) is 5.75. The van der Waals surface area contributed by atoms with Crippen LogP contribution in [0.15, 0.2) is 71.7 Å². The quantitative estimate of drug-likeness (QED) is 0.393. The van der Waals surface area contributed by atoms with Crippen molar-refractivity contribution in [3.63, 3.8) is 0 Å². The number of aromatic nitrogens is 2. The van der Waals surface area contributed by atoms with Gasteiger partial charge in [-0.15, -0.1) is 0 Å². The maximum Gasteiger partial charge on any atom is 0.258 e. The van der Waals surface area contributed by atoms with E-state index in [4.69, 9.17) is 4.74 Å². The highest BCUT2D eigenvalue weighted by Gasteiger charge is 2.24. The van der Waals surface area contributed by atoms with Gasteiger partial charge in [0.15, 0.2) is 0 Å². The van der Waals surface area contributed by atoms with Gasteiger partial charge in [0, 0.05) is 63.0 Å². The summed E-state index contributed by atoms with van der Waals surface area (Å²) in [5.41, 5.74) is 5.93. The number of fused-ring (bicyclic) bond motifs is 3. The van der Waals surface area contributed by atoms with Gasteiger partial charge in [-0.3, -0.25) is 14.3 Å². The molecule has 4 heterocycles. The average Bonchev–Trinajstić information content (AvgIpc) is 3.53. The van der Waals surface area contributed by atoms with Crippen molar-refractivity contribution < 1.29 is 4.74 Å². The monoisotopic (exact) mass is 482 g/mol. The summed E-state index contributed by atoms with van der Waals surface area (Å²) in [6.45, 7) is 7.40. The average molecular weight is 483 g/mol. The highest BCUT2D eigenvalue weighted by molar-refractivity contribution is 5.87. The van der Waals surface area contributed by atoms with Gasteiger partial charge < -0.3 is 14.2 Å². The van der Waals surface area contributed by atoms with E-state index in [1.54, 1.807) is 10.6 Å². The zero-order valence-corrected chi connectivity index (χ0v) is 21.0. The minimum Gasteiger partial charge on any atom is -0.489 e. The molecular formula is C30H34N4O2. The lowest BCUT2D eigenvalue weighted by Gasteiger charge is -2.29. The molecule has 186 valence electrons. The van der Waals surface area contributed by atoms with E-state index >= 15 is 0 Å². The van der Waals surface area contributed by atoms with E-state index in [0.29, 0.717) is 12.4 Å². The van der Waals surface area contributed by atoms with Crippen LogP contribution in [0.1, 0.15) is 29.7 Å². The van der Waals surface area contributed by atoms with Gasteiger partial charge in [0.1, 0.15) is 12.4 Å².